The number of nitrogens with two attached hydrogens (primary N) is 1. The van der Waals surface area contributed by atoms with Crippen LogP contribution in [0.25, 0.3) is 0 Å². The number of rotatable bonds is 4. The summed E-state index contributed by atoms with van der Waals surface area (Å²) in [6, 6.07) is 15.1. The average molecular weight is 269 g/mol. The van der Waals surface area contributed by atoms with E-state index >= 15 is 0 Å². The maximum atomic E-state index is 12.0. The molecule has 0 aliphatic heterocycles. The van der Waals surface area contributed by atoms with Gasteiger partial charge in [-0.05, 0) is 35.9 Å². The molecule has 2 aromatic rings. The van der Waals surface area contributed by atoms with Gasteiger partial charge in [0.25, 0.3) is 0 Å². The zero-order chi connectivity index (χ0) is 14.5. The van der Waals surface area contributed by atoms with Gasteiger partial charge in [-0.3, -0.25) is 4.79 Å². The van der Waals surface area contributed by atoms with Gasteiger partial charge in [-0.2, -0.15) is 0 Å². The summed E-state index contributed by atoms with van der Waals surface area (Å²) in [5, 5.41) is 2.90. The standard InChI is InChI=1S/C16H19N3O/c1-19(2)15-8-4-7-14(11-15)18-16(20)10-12-5-3-6-13(17)9-12/h3-9,11H,10,17H2,1-2H3,(H,18,20). The van der Waals surface area contributed by atoms with Crippen molar-refractivity contribution in [1.82, 2.24) is 0 Å². The van der Waals surface area contributed by atoms with Crippen molar-refractivity contribution >= 4 is 23.0 Å². The Balaban J connectivity index is 2.03. The zero-order valence-corrected chi connectivity index (χ0v) is 11.8. The molecular weight excluding hydrogens is 250 g/mol. The Morgan fingerprint density at radius 3 is 2.60 bits per heavy atom. The van der Waals surface area contributed by atoms with Crippen LogP contribution in [0.5, 0.6) is 0 Å². The van der Waals surface area contributed by atoms with Gasteiger partial charge in [-0.15, -0.1) is 0 Å². The molecule has 4 heteroatoms. The molecule has 4 nitrogen and oxygen atoms in total. The molecular formula is C16H19N3O. The van der Waals surface area contributed by atoms with Crippen LogP contribution < -0.4 is 16.0 Å². The number of anilines is 3. The van der Waals surface area contributed by atoms with Gasteiger partial charge in [0.2, 0.25) is 5.91 Å². The summed E-state index contributed by atoms with van der Waals surface area (Å²) in [5.74, 6) is -0.0495. The number of carbonyl (C=O) groups excluding carboxylic acids is 1. The third-order valence-electron chi connectivity index (χ3n) is 2.96. The van der Waals surface area contributed by atoms with Crippen LogP contribution in [0.1, 0.15) is 5.56 Å². The van der Waals surface area contributed by atoms with Gasteiger partial charge in [0.05, 0.1) is 6.42 Å². The molecule has 0 spiro atoms. The fraction of sp³-hybridized carbons (Fsp3) is 0.188. The minimum absolute atomic E-state index is 0.0495. The van der Waals surface area contributed by atoms with Crippen molar-refractivity contribution in [3.05, 3.63) is 54.1 Å². The quantitative estimate of drug-likeness (QED) is 0.838. The van der Waals surface area contributed by atoms with E-state index in [4.69, 9.17) is 5.73 Å². The molecule has 2 rings (SSSR count). The molecule has 0 fully saturated rings. The van der Waals surface area contributed by atoms with E-state index < -0.39 is 0 Å². The molecule has 3 N–H and O–H groups in total. The lowest BCUT2D eigenvalue weighted by molar-refractivity contribution is -0.115. The highest BCUT2D eigenvalue weighted by Crippen LogP contribution is 2.17. The first kappa shape index (κ1) is 13.9. The molecule has 0 saturated heterocycles. The Kier molecular flexibility index (Phi) is 4.25. The number of hydrogen-bond donors (Lipinski definition) is 2. The summed E-state index contributed by atoms with van der Waals surface area (Å²) in [7, 11) is 3.93. The fourth-order valence-electron chi connectivity index (χ4n) is 1.96. The Labute approximate surface area is 119 Å². The van der Waals surface area contributed by atoms with E-state index in [9.17, 15) is 4.79 Å². The minimum atomic E-state index is -0.0495. The van der Waals surface area contributed by atoms with E-state index in [-0.39, 0.29) is 5.91 Å². The second-order valence-corrected chi connectivity index (χ2v) is 4.91. The highest BCUT2D eigenvalue weighted by atomic mass is 16.1. The van der Waals surface area contributed by atoms with Gasteiger partial charge in [0, 0.05) is 31.2 Å². The summed E-state index contributed by atoms with van der Waals surface area (Å²) < 4.78 is 0. The van der Waals surface area contributed by atoms with E-state index in [2.05, 4.69) is 5.32 Å². The monoisotopic (exact) mass is 269 g/mol. The summed E-state index contributed by atoms with van der Waals surface area (Å²) in [6.45, 7) is 0. The van der Waals surface area contributed by atoms with E-state index in [1.807, 2.05) is 67.5 Å². The number of nitrogens with one attached hydrogen (secondary N) is 1. The van der Waals surface area contributed by atoms with E-state index in [0.29, 0.717) is 12.1 Å². The van der Waals surface area contributed by atoms with Crippen LogP contribution in [0, 0.1) is 0 Å². The number of hydrogen-bond acceptors (Lipinski definition) is 3. The summed E-state index contributed by atoms with van der Waals surface area (Å²) >= 11 is 0. The second-order valence-electron chi connectivity index (χ2n) is 4.91. The SMILES string of the molecule is CN(C)c1cccc(NC(=O)Cc2cccc(N)c2)c1. The number of benzene rings is 2. The predicted molar refractivity (Wildman–Crippen MR) is 84.0 cm³/mol. The largest absolute Gasteiger partial charge is 0.399 e. The molecule has 1 amide bonds. The van der Waals surface area contributed by atoms with Gasteiger partial charge in [-0.25, -0.2) is 0 Å². The molecule has 0 radical (unpaired) electrons. The van der Waals surface area contributed by atoms with Crippen LogP contribution in [0.4, 0.5) is 17.1 Å². The highest BCUT2D eigenvalue weighted by molar-refractivity contribution is 5.92. The third-order valence-corrected chi connectivity index (χ3v) is 2.96. The van der Waals surface area contributed by atoms with Crippen molar-refractivity contribution in [3.63, 3.8) is 0 Å². The molecule has 0 unspecified atom stereocenters. The third kappa shape index (κ3) is 3.75. The van der Waals surface area contributed by atoms with Gasteiger partial charge in [0.15, 0.2) is 0 Å². The van der Waals surface area contributed by atoms with E-state index in [1.165, 1.54) is 0 Å². The maximum Gasteiger partial charge on any atom is 0.228 e. The molecule has 0 aliphatic rings. The maximum absolute atomic E-state index is 12.0. The number of carbonyl (C=O) groups is 1. The van der Waals surface area contributed by atoms with Gasteiger partial charge in [-0.1, -0.05) is 18.2 Å². The molecule has 104 valence electrons. The van der Waals surface area contributed by atoms with Crippen LogP contribution in [-0.2, 0) is 11.2 Å². The number of nitrogens with zero attached hydrogens (tertiary/aromatic N) is 1. The Hall–Kier alpha value is -2.49. The number of amides is 1. The first-order chi connectivity index (χ1) is 9.54. The summed E-state index contributed by atoms with van der Waals surface area (Å²) in [4.78, 5) is 14.0. The molecule has 20 heavy (non-hydrogen) atoms. The zero-order valence-electron chi connectivity index (χ0n) is 11.8. The lowest BCUT2D eigenvalue weighted by atomic mass is 10.1. The Morgan fingerprint density at radius 1 is 1.15 bits per heavy atom. The Morgan fingerprint density at radius 2 is 1.90 bits per heavy atom. The summed E-state index contributed by atoms with van der Waals surface area (Å²) in [6.07, 6.45) is 0.317. The molecule has 0 bridgehead atoms. The van der Waals surface area contributed by atoms with Gasteiger partial charge < -0.3 is 16.0 Å². The predicted octanol–water partition coefficient (Wildman–Crippen LogP) is 2.52. The molecule has 0 atom stereocenters. The molecule has 0 heterocycles. The van der Waals surface area contributed by atoms with Crippen molar-refractivity contribution in [2.45, 2.75) is 6.42 Å². The average Bonchev–Trinajstić information content (AvgIpc) is 2.38. The van der Waals surface area contributed by atoms with Crippen molar-refractivity contribution in [2.24, 2.45) is 0 Å². The van der Waals surface area contributed by atoms with Crippen molar-refractivity contribution in [3.8, 4) is 0 Å². The van der Waals surface area contributed by atoms with Crippen LogP contribution in [0.2, 0.25) is 0 Å². The topological polar surface area (TPSA) is 58.4 Å². The van der Waals surface area contributed by atoms with Gasteiger partial charge >= 0.3 is 0 Å². The fourth-order valence-corrected chi connectivity index (χ4v) is 1.96. The first-order valence-electron chi connectivity index (χ1n) is 6.46. The Bertz CT molecular complexity index is 608. The second kappa shape index (κ2) is 6.10. The number of nitrogen functional groups attached to an aromatic ring is 1. The molecule has 0 aliphatic carbocycles. The smallest absolute Gasteiger partial charge is 0.228 e. The van der Waals surface area contributed by atoms with Crippen LogP contribution in [-0.4, -0.2) is 20.0 Å². The van der Waals surface area contributed by atoms with E-state index in [0.717, 1.165) is 16.9 Å². The molecule has 0 aromatic heterocycles. The lowest BCUT2D eigenvalue weighted by Crippen LogP contribution is -2.15. The van der Waals surface area contributed by atoms with Crippen molar-refractivity contribution in [2.75, 3.05) is 30.0 Å². The van der Waals surface area contributed by atoms with Crippen LogP contribution >= 0.6 is 0 Å². The van der Waals surface area contributed by atoms with Crippen LogP contribution in [0.3, 0.4) is 0 Å². The molecule has 2 aromatic carbocycles. The lowest BCUT2D eigenvalue weighted by Gasteiger charge is -2.14. The normalized spacial score (nSPS) is 10.1. The molecule has 0 saturated carbocycles. The van der Waals surface area contributed by atoms with Crippen molar-refractivity contribution in [1.29, 1.82) is 0 Å². The summed E-state index contributed by atoms with van der Waals surface area (Å²) in [5.41, 5.74) is 9.13. The first-order valence-corrected chi connectivity index (χ1v) is 6.46. The minimum Gasteiger partial charge on any atom is -0.399 e. The van der Waals surface area contributed by atoms with Crippen molar-refractivity contribution < 1.29 is 4.79 Å². The van der Waals surface area contributed by atoms with Gasteiger partial charge in [0.1, 0.15) is 0 Å². The van der Waals surface area contributed by atoms with Crippen LogP contribution in [0.15, 0.2) is 48.5 Å². The van der Waals surface area contributed by atoms with E-state index in [1.54, 1.807) is 0 Å². The highest BCUT2D eigenvalue weighted by Gasteiger charge is 2.05.